The van der Waals surface area contributed by atoms with E-state index in [2.05, 4.69) is 6.58 Å². The lowest BCUT2D eigenvalue weighted by atomic mass is 10.1. The van der Waals surface area contributed by atoms with E-state index < -0.39 is 6.10 Å². The van der Waals surface area contributed by atoms with Crippen LogP contribution in [0.2, 0.25) is 0 Å². The summed E-state index contributed by atoms with van der Waals surface area (Å²) < 4.78 is 5.36. The second-order valence-electron chi connectivity index (χ2n) is 2.93. The van der Waals surface area contributed by atoms with E-state index in [1.807, 2.05) is 20.8 Å². The number of aliphatic hydroxyl groups excluding tert-OH is 1. The third-order valence-corrected chi connectivity index (χ3v) is 2.14. The highest BCUT2D eigenvalue weighted by Gasteiger charge is 2.15. The summed E-state index contributed by atoms with van der Waals surface area (Å²) in [7, 11) is 0. The molecule has 0 aromatic carbocycles. The van der Waals surface area contributed by atoms with Gasteiger partial charge in [-0.1, -0.05) is 6.08 Å². The van der Waals surface area contributed by atoms with Crippen LogP contribution in [-0.2, 0) is 0 Å². The number of aliphatic hydroxyl groups is 1. The Morgan fingerprint density at radius 1 is 1.33 bits per heavy atom. The van der Waals surface area contributed by atoms with E-state index in [0.29, 0.717) is 0 Å². The summed E-state index contributed by atoms with van der Waals surface area (Å²) in [5, 5.41) is 9.53. The van der Waals surface area contributed by atoms with Crippen LogP contribution in [0.5, 0.6) is 0 Å². The minimum atomic E-state index is -0.609. The second kappa shape index (κ2) is 3.15. The minimum absolute atomic E-state index is 0.609. The fraction of sp³-hybridized carbons (Fsp3) is 0.400. The first-order valence-electron chi connectivity index (χ1n) is 3.95. The smallest absolute Gasteiger partial charge is 0.107 e. The summed E-state index contributed by atoms with van der Waals surface area (Å²) in [4.78, 5) is 0. The first-order chi connectivity index (χ1) is 5.57. The van der Waals surface area contributed by atoms with E-state index in [9.17, 15) is 5.11 Å². The SMILES string of the molecule is C=CC(O)c1c(C)oc(C)c1C. The average molecular weight is 166 g/mol. The highest BCUT2D eigenvalue weighted by atomic mass is 16.3. The summed E-state index contributed by atoms with van der Waals surface area (Å²) in [6, 6.07) is 0. The molecule has 0 aliphatic carbocycles. The van der Waals surface area contributed by atoms with E-state index in [1.54, 1.807) is 0 Å². The van der Waals surface area contributed by atoms with Crippen LogP contribution >= 0.6 is 0 Å². The van der Waals surface area contributed by atoms with Gasteiger partial charge in [0.05, 0.1) is 0 Å². The minimum Gasteiger partial charge on any atom is -0.466 e. The summed E-state index contributed by atoms with van der Waals surface area (Å²) in [6.45, 7) is 9.21. The number of hydrogen-bond donors (Lipinski definition) is 1. The molecule has 0 saturated carbocycles. The van der Waals surface area contributed by atoms with Crippen LogP contribution < -0.4 is 0 Å². The number of rotatable bonds is 2. The molecule has 1 aromatic rings. The molecular formula is C10H14O2. The predicted octanol–water partition coefficient (Wildman–Crippen LogP) is 2.42. The summed E-state index contributed by atoms with van der Waals surface area (Å²) in [5.41, 5.74) is 1.86. The van der Waals surface area contributed by atoms with E-state index in [-0.39, 0.29) is 0 Å². The molecule has 0 radical (unpaired) electrons. The van der Waals surface area contributed by atoms with Crippen molar-refractivity contribution in [3.63, 3.8) is 0 Å². The maximum atomic E-state index is 9.53. The molecule has 1 unspecified atom stereocenters. The van der Waals surface area contributed by atoms with Crippen molar-refractivity contribution in [2.75, 3.05) is 0 Å². The molecule has 1 rings (SSSR count). The topological polar surface area (TPSA) is 33.4 Å². The Morgan fingerprint density at radius 2 is 1.92 bits per heavy atom. The van der Waals surface area contributed by atoms with Gasteiger partial charge in [-0.3, -0.25) is 0 Å². The lowest BCUT2D eigenvalue weighted by molar-refractivity contribution is 0.226. The molecule has 1 N–H and O–H groups in total. The van der Waals surface area contributed by atoms with Gasteiger partial charge in [0.2, 0.25) is 0 Å². The van der Waals surface area contributed by atoms with Crippen LogP contribution in [0.15, 0.2) is 17.1 Å². The highest BCUT2D eigenvalue weighted by Crippen LogP contribution is 2.27. The van der Waals surface area contributed by atoms with E-state index >= 15 is 0 Å². The monoisotopic (exact) mass is 166 g/mol. The van der Waals surface area contributed by atoms with Gasteiger partial charge in [0.1, 0.15) is 17.6 Å². The van der Waals surface area contributed by atoms with Crippen molar-refractivity contribution in [1.82, 2.24) is 0 Å². The standard InChI is InChI=1S/C10H14O2/c1-5-9(11)10-6(2)7(3)12-8(10)4/h5,9,11H,1H2,2-4H3. The van der Waals surface area contributed by atoms with Gasteiger partial charge in [-0.25, -0.2) is 0 Å². The predicted molar refractivity (Wildman–Crippen MR) is 48.1 cm³/mol. The average Bonchev–Trinajstić information content (AvgIpc) is 2.26. The van der Waals surface area contributed by atoms with Gasteiger partial charge in [-0.2, -0.15) is 0 Å². The molecule has 0 saturated heterocycles. The first-order valence-corrected chi connectivity index (χ1v) is 3.95. The zero-order valence-electron chi connectivity index (χ0n) is 7.72. The van der Waals surface area contributed by atoms with Crippen LogP contribution in [0.25, 0.3) is 0 Å². The summed E-state index contributed by atoms with van der Waals surface area (Å²) in [6.07, 6.45) is 0.895. The molecule has 2 heteroatoms. The van der Waals surface area contributed by atoms with Crippen molar-refractivity contribution in [3.8, 4) is 0 Å². The number of hydrogen-bond acceptors (Lipinski definition) is 2. The van der Waals surface area contributed by atoms with Crippen LogP contribution in [0.1, 0.15) is 28.8 Å². The normalized spacial score (nSPS) is 13.0. The van der Waals surface area contributed by atoms with Gasteiger partial charge in [0, 0.05) is 5.56 Å². The number of aryl methyl sites for hydroxylation is 2. The van der Waals surface area contributed by atoms with Crippen molar-refractivity contribution < 1.29 is 9.52 Å². The Kier molecular flexibility index (Phi) is 2.38. The third kappa shape index (κ3) is 1.30. The highest BCUT2D eigenvalue weighted by molar-refractivity contribution is 5.34. The molecule has 0 fully saturated rings. The zero-order chi connectivity index (χ0) is 9.30. The molecule has 1 heterocycles. The molecular weight excluding hydrogens is 152 g/mol. The molecule has 1 aromatic heterocycles. The molecule has 0 amide bonds. The molecule has 0 aliphatic heterocycles. The lowest BCUT2D eigenvalue weighted by Crippen LogP contribution is -1.95. The largest absolute Gasteiger partial charge is 0.466 e. The summed E-state index contributed by atoms with van der Waals surface area (Å²) in [5.74, 6) is 1.64. The van der Waals surface area contributed by atoms with Gasteiger partial charge in [-0.05, 0) is 26.3 Å². The molecule has 66 valence electrons. The van der Waals surface area contributed by atoms with Gasteiger partial charge in [0.15, 0.2) is 0 Å². The molecule has 0 spiro atoms. The van der Waals surface area contributed by atoms with Gasteiger partial charge < -0.3 is 9.52 Å². The molecule has 2 nitrogen and oxygen atoms in total. The van der Waals surface area contributed by atoms with Crippen LogP contribution in [-0.4, -0.2) is 5.11 Å². The maximum Gasteiger partial charge on any atom is 0.107 e. The Bertz CT molecular complexity index is 297. The molecule has 0 aliphatic rings. The van der Waals surface area contributed by atoms with Crippen molar-refractivity contribution in [3.05, 3.63) is 35.3 Å². The van der Waals surface area contributed by atoms with E-state index in [1.165, 1.54) is 6.08 Å². The van der Waals surface area contributed by atoms with Gasteiger partial charge in [-0.15, -0.1) is 6.58 Å². The summed E-state index contributed by atoms with van der Waals surface area (Å²) >= 11 is 0. The van der Waals surface area contributed by atoms with Crippen LogP contribution in [0.3, 0.4) is 0 Å². The van der Waals surface area contributed by atoms with E-state index in [4.69, 9.17) is 4.42 Å². The molecule has 0 bridgehead atoms. The maximum absolute atomic E-state index is 9.53. The van der Waals surface area contributed by atoms with Gasteiger partial charge >= 0.3 is 0 Å². The van der Waals surface area contributed by atoms with Gasteiger partial charge in [0.25, 0.3) is 0 Å². The fourth-order valence-corrected chi connectivity index (χ4v) is 1.36. The number of furan rings is 1. The zero-order valence-corrected chi connectivity index (χ0v) is 7.72. The fourth-order valence-electron chi connectivity index (χ4n) is 1.36. The van der Waals surface area contributed by atoms with Crippen molar-refractivity contribution in [2.45, 2.75) is 26.9 Å². The van der Waals surface area contributed by atoms with Crippen molar-refractivity contribution in [2.24, 2.45) is 0 Å². The van der Waals surface area contributed by atoms with Crippen LogP contribution in [0, 0.1) is 20.8 Å². The molecule has 12 heavy (non-hydrogen) atoms. The lowest BCUT2D eigenvalue weighted by Gasteiger charge is -2.04. The van der Waals surface area contributed by atoms with Crippen molar-refractivity contribution in [1.29, 1.82) is 0 Å². The quantitative estimate of drug-likeness (QED) is 0.684. The van der Waals surface area contributed by atoms with Crippen LogP contribution in [0.4, 0.5) is 0 Å². The Morgan fingerprint density at radius 3 is 2.25 bits per heavy atom. The molecule has 1 atom stereocenters. The Hall–Kier alpha value is -1.02. The van der Waals surface area contributed by atoms with Crippen molar-refractivity contribution >= 4 is 0 Å². The second-order valence-corrected chi connectivity index (χ2v) is 2.93. The third-order valence-electron chi connectivity index (χ3n) is 2.14. The Labute approximate surface area is 72.5 Å². The first kappa shape index (κ1) is 9.07. The van der Waals surface area contributed by atoms with E-state index in [0.717, 1.165) is 22.6 Å². The Balaban J connectivity index is 3.21.